The summed E-state index contributed by atoms with van der Waals surface area (Å²) in [7, 11) is 0. The molecule has 0 unspecified atom stereocenters. The highest BCUT2D eigenvalue weighted by molar-refractivity contribution is 7.26. The van der Waals surface area contributed by atoms with Crippen molar-refractivity contribution in [2.45, 2.75) is 32.1 Å². The number of benzene rings is 8. The Morgan fingerprint density at radius 2 is 1.12 bits per heavy atom. The molecule has 1 heterocycles. The maximum absolute atomic E-state index is 2.58. The molecule has 2 aliphatic carbocycles. The van der Waals surface area contributed by atoms with E-state index in [0.717, 1.165) is 12.8 Å². The molecule has 57 heavy (non-hydrogen) atoms. The number of para-hydroxylation sites is 1. The van der Waals surface area contributed by atoms with Gasteiger partial charge >= 0.3 is 0 Å². The van der Waals surface area contributed by atoms with Gasteiger partial charge in [-0.2, -0.15) is 0 Å². The lowest BCUT2D eigenvalue weighted by Gasteiger charge is -2.32. The minimum atomic E-state index is -0.0251. The fraction of sp³-hybridized carbons (Fsp3) is 0.0909. The summed E-state index contributed by atoms with van der Waals surface area (Å²) in [6, 6.07) is 65.2. The van der Waals surface area contributed by atoms with Crippen LogP contribution in [-0.2, 0) is 5.41 Å². The van der Waals surface area contributed by atoms with Crippen LogP contribution in [0.1, 0.15) is 43.4 Å². The monoisotopic (exact) mass is 747 g/mol. The highest BCUT2D eigenvalue weighted by atomic mass is 32.1. The van der Waals surface area contributed by atoms with E-state index < -0.39 is 0 Å². The van der Waals surface area contributed by atoms with E-state index in [9.17, 15) is 0 Å². The minimum absolute atomic E-state index is 0.0251. The zero-order valence-corrected chi connectivity index (χ0v) is 33.0. The van der Waals surface area contributed by atoms with Crippen molar-refractivity contribution in [2.75, 3.05) is 4.90 Å². The standard InChI is InChI=1S/C55H41NS/c1-55(2)47-24-9-6-19-42(47)43-34-31-39(35-48(43)55)36-29-32-40(33-30-36)56(50-26-14-28-52-54(50)46-21-8-11-27-51(46)57-52)49-25-10-7-20-44(49)45-23-13-18-38-17-12-22-41(53(38)45)37-15-4-3-5-16-37/h3-29,31-32,34-35H,30,33H2,1-2H3. The first kappa shape index (κ1) is 33.8. The molecule has 2 heteroatoms. The molecule has 11 rings (SSSR count). The molecule has 0 spiro atoms. The third-order valence-electron chi connectivity index (χ3n) is 12.4. The van der Waals surface area contributed by atoms with Gasteiger partial charge in [-0.1, -0.05) is 166 Å². The molecular weight excluding hydrogens is 707 g/mol. The van der Waals surface area contributed by atoms with Crippen molar-refractivity contribution in [1.29, 1.82) is 0 Å². The van der Waals surface area contributed by atoms with Crippen LogP contribution in [0.3, 0.4) is 0 Å². The number of thiophene rings is 1. The van der Waals surface area contributed by atoms with E-state index in [-0.39, 0.29) is 5.41 Å². The van der Waals surface area contributed by atoms with Crippen molar-refractivity contribution in [3.05, 3.63) is 210 Å². The molecule has 0 amide bonds. The fourth-order valence-electron chi connectivity index (χ4n) is 9.66. The number of rotatable bonds is 6. The van der Waals surface area contributed by atoms with Crippen LogP contribution in [0.4, 0.5) is 11.4 Å². The summed E-state index contributed by atoms with van der Waals surface area (Å²) in [5.41, 5.74) is 16.9. The predicted octanol–water partition coefficient (Wildman–Crippen LogP) is 15.7. The number of nitrogens with zero attached hydrogens (tertiary/aromatic N) is 1. The van der Waals surface area contributed by atoms with E-state index in [1.807, 2.05) is 11.3 Å². The van der Waals surface area contributed by atoms with Gasteiger partial charge in [0.05, 0.1) is 11.4 Å². The number of anilines is 2. The highest BCUT2D eigenvalue weighted by Gasteiger charge is 2.35. The second-order valence-corrected chi connectivity index (χ2v) is 17.0. The predicted molar refractivity (Wildman–Crippen MR) is 246 cm³/mol. The Morgan fingerprint density at radius 3 is 1.96 bits per heavy atom. The SMILES string of the molecule is CC1(C)c2ccccc2-c2ccc(C3=CC=C(N(c4ccccc4-c4cccc5cccc(-c6ccccc6)c45)c4cccc5sc6ccccc6c45)CC3)cc21. The van der Waals surface area contributed by atoms with E-state index in [2.05, 4.69) is 207 Å². The Kier molecular flexibility index (Phi) is 7.91. The molecule has 2 aliphatic rings. The van der Waals surface area contributed by atoms with Crippen molar-refractivity contribution >= 4 is 59.2 Å². The van der Waals surface area contributed by atoms with Gasteiger partial charge in [-0.05, 0) is 110 Å². The summed E-state index contributed by atoms with van der Waals surface area (Å²) in [5.74, 6) is 0. The van der Waals surface area contributed by atoms with Crippen molar-refractivity contribution < 1.29 is 0 Å². The first-order chi connectivity index (χ1) is 28.0. The fourth-order valence-corrected chi connectivity index (χ4v) is 10.8. The molecule has 0 bridgehead atoms. The van der Waals surface area contributed by atoms with Crippen LogP contribution in [-0.4, -0.2) is 0 Å². The zero-order chi connectivity index (χ0) is 38.1. The first-order valence-corrected chi connectivity index (χ1v) is 20.9. The van der Waals surface area contributed by atoms with Crippen molar-refractivity contribution in [2.24, 2.45) is 0 Å². The molecule has 0 atom stereocenters. The van der Waals surface area contributed by atoms with E-state index >= 15 is 0 Å². The maximum Gasteiger partial charge on any atom is 0.0551 e. The maximum atomic E-state index is 2.58. The van der Waals surface area contributed by atoms with Crippen LogP contribution in [0, 0.1) is 0 Å². The van der Waals surface area contributed by atoms with Crippen LogP contribution < -0.4 is 4.90 Å². The average molecular weight is 748 g/mol. The summed E-state index contributed by atoms with van der Waals surface area (Å²) in [5, 5.41) is 5.14. The summed E-state index contributed by atoms with van der Waals surface area (Å²) in [6.45, 7) is 4.75. The van der Waals surface area contributed by atoms with Gasteiger partial charge in [-0.25, -0.2) is 0 Å². The molecule has 0 saturated carbocycles. The van der Waals surface area contributed by atoms with Crippen LogP contribution in [0.15, 0.2) is 194 Å². The molecule has 8 aromatic carbocycles. The van der Waals surface area contributed by atoms with Gasteiger partial charge in [0.25, 0.3) is 0 Å². The molecule has 1 aromatic heterocycles. The van der Waals surface area contributed by atoms with Crippen LogP contribution in [0.25, 0.3) is 69.9 Å². The molecule has 0 radical (unpaired) electrons. The Labute approximate surface area is 338 Å². The van der Waals surface area contributed by atoms with Gasteiger partial charge < -0.3 is 4.90 Å². The largest absolute Gasteiger partial charge is 0.313 e. The summed E-state index contributed by atoms with van der Waals surface area (Å²) < 4.78 is 2.62. The lowest BCUT2D eigenvalue weighted by Crippen LogP contribution is -2.19. The van der Waals surface area contributed by atoms with Crippen LogP contribution in [0.2, 0.25) is 0 Å². The lowest BCUT2D eigenvalue weighted by atomic mass is 9.81. The Morgan fingerprint density at radius 1 is 0.456 bits per heavy atom. The van der Waals surface area contributed by atoms with Crippen molar-refractivity contribution in [3.63, 3.8) is 0 Å². The van der Waals surface area contributed by atoms with E-state index in [4.69, 9.17) is 0 Å². The minimum Gasteiger partial charge on any atom is -0.313 e. The second-order valence-electron chi connectivity index (χ2n) is 16.0. The zero-order valence-electron chi connectivity index (χ0n) is 32.2. The molecule has 0 aliphatic heterocycles. The lowest BCUT2D eigenvalue weighted by molar-refractivity contribution is 0.660. The topological polar surface area (TPSA) is 3.24 Å². The first-order valence-electron chi connectivity index (χ1n) is 20.1. The number of fused-ring (bicyclic) bond motifs is 7. The quantitative estimate of drug-likeness (QED) is 0.164. The normalized spacial score (nSPS) is 14.4. The number of hydrogen-bond donors (Lipinski definition) is 0. The van der Waals surface area contributed by atoms with Gasteiger partial charge in [0.1, 0.15) is 0 Å². The third kappa shape index (κ3) is 5.43. The summed E-state index contributed by atoms with van der Waals surface area (Å²) in [4.78, 5) is 2.58. The molecule has 0 fully saturated rings. The van der Waals surface area contributed by atoms with Crippen molar-refractivity contribution in [1.82, 2.24) is 0 Å². The van der Waals surface area contributed by atoms with E-state index in [0.29, 0.717) is 0 Å². The van der Waals surface area contributed by atoms with Crippen LogP contribution in [0.5, 0.6) is 0 Å². The van der Waals surface area contributed by atoms with E-state index in [1.54, 1.807) is 0 Å². The van der Waals surface area contributed by atoms with Gasteiger partial charge in [0, 0.05) is 36.8 Å². The third-order valence-corrected chi connectivity index (χ3v) is 13.6. The van der Waals surface area contributed by atoms with Gasteiger partial charge in [0.15, 0.2) is 0 Å². The van der Waals surface area contributed by atoms with Gasteiger partial charge in [-0.15, -0.1) is 11.3 Å². The molecular formula is C55H41NS. The van der Waals surface area contributed by atoms with Crippen LogP contribution >= 0.6 is 11.3 Å². The highest BCUT2D eigenvalue weighted by Crippen LogP contribution is 2.51. The molecule has 0 N–H and O–H groups in total. The Bertz CT molecular complexity index is 3100. The second kappa shape index (κ2) is 13.3. The van der Waals surface area contributed by atoms with Crippen molar-refractivity contribution in [3.8, 4) is 33.4 Å². The number of allylic oxidation sites excluding steroid dienone is 4. The molecule has 9 aromatic rings. The summed E-state index contributed by atoms with van der Waals surface area (Å²) >= 11 is 1.88. The average Bonchev–Trinajstić information content (AvgIpc) is 3.76. The smallest absolute Gasteiger partial charge is 0.0551 e. The Hall–Kier alpha value is -6.48. The van der Waals surface area contributed by atoms with E-state index in [1.165, 1.54) is 104 Å². The molecule has 272 valence electrons. The molecule has 1 nitrogen and oxygen atoms in total. The van der Waals surface area contributed by atoms with Gasteiger partial charge in [-0.3, -0.25) is 0 Å². The molecule has 0 saturated heterocycles. The Balaban J connectivity index is 1.10. The number of hydrogen-bond acceptors (Lipinski definition) is 2. The summed E-state index contributed by atoms with van der Waals surface area (Å²) in [6.07, 6.45) is 6.67. The van der Waals surface area contributed by atoms with Gasteiger partial charge in [0.2, 0.25) is 0 Å².